The van der Waals surface area contributed by atoms with E-state index < -0.39 is 17.4 Å². The molecule has 4 nitrogen and oxygen atoms in total. The molecule has 0 saturated heterocycles. The van der Waals surface area contributed by atoms with Crippen molar-refractivity contribution in [2.45, 2.75) is 25.3 Å². The zero-order chi connectivity index (χ0) is 10.9. The van der Waals surface area contributed by atoms with E-state index in [1.165, 1.54) is 6.26 Å². The number of carbonyl (C=O) groups is 1. The van der Waals surface area contributed by atoms with Gasteiger partial charge >= 0.3 is 5.97 Å². The molecule has 0 aliphatic heterocycles. The topological polar surface area (TPSA) is 76.5 Å². The van der Waals surface area contributed by atoms with Gasteiger partial charge in [-0.3, -0.25) is 4.79 Å². The highest BCUT2D eigenvalue weighted by Gasteiger charge is 2.36. The first kappa shape index (κ1) is 11.3. The molecule has 1 unspecified atom stereocenters. The van der Waals surface area contributed by atoms with E-state index in [0.717, 1.165) is 4.47 Å². The fourth-order valence-electron chi connectivity index (χ4n) is 1.11. The van der Waals surface area contributed by atoms with Crippen LogP contribution in [0.25, 0.3) is 0 Å². The average Bonchev–Trinajstić information content (AvgIpc) is 2.50. The van der Waals surface area contributed by atoms with Crippen molar-refractivity contribution in [1.82, 2.24) is 0 Å². The molecule has 5 heteroatoms. The third-order valence-corrected chi connectivity index (χ3v) is 2.66. The van der Waals surface area contributed by atoms with Gasteiger partial charge in [0.05, 0.1) is 4.47 Å². The zero-order valence-corrected chi connectivity index (χ0v) is 9.54. The number of furan rings is 1. The molecule has 0 aromatic carbocycles. The van der Waals surface area contributed by atoms with Gasteiger partial charge < -0.3 is 15.3 Å². The summed E-state index contributed by atoms with van der Waals surface area (Å²) in [5.74, 6) is -0.484. The maximum atomic E-state index is 10.7. The summed E-state index contributed by atoms with van der Waals surface area (Å²) in [7, 11) is 0. The van der Waals surface area contributed by atoms with Gasteiger partial charge in [-0.15, -0.1) is 0 Å². The van der Waals surface area contributed by atoms with Crippen molar-refractivity contribution >= 4 is 21.9 Å². The summed E-state index contributed by atoms with van der Waals surface area (Å²) in [6.45, 7) is 3.47. The molecule has 0 spiro atoms. The normalized spacial score (nSPS) is 14.0. The van der Waals surface area contributed by atoms with E-state index in [1.54, 1.807) is 19.9 Å². The number of carboxylic acids is 1. The fourth-order valence-corrected chi connectivity index (χ4v) is 1.41. The summed E-state index contributed by atoms with van der Waals surface area (Å²) < 4.78 is 5.99. The first-order valence-electron chi connectivity index (χ1n) is 4.08. The van der Waals surface area contributed by atoms with E-state index in [1.807, 2.05) is 0 Å². The first-order chi connectivity index (χ1) is 6.35. The minimum absolute atomic E-state index is 0.555. The molecule has 78 valence electrons. The van der Waals surface area contributed by atoms with Crippen molar-refractivity contribution in [3.63, 3.8) is 0 Å². The van der Waals surface area contributed by atoms with Crippen molar-refractivity contribution in [1.29, 1.82) is 0 Å². The molecule has 0 saturated carbocycles. The number of carboxylic acid groups (broad SMARTS) is 1. The Bertz CT molecular complexity index is 346. The minimum Gasteiger partial charge on any atom is -0.480 e. The molecule has 0 radical (unpaired) electrons. The molecular formula is C9H12BrNO3. The van der Waals surface area contributed by atoms with E-state index in [9.17, 15) is 4.79 Å². The molecular weight excluding hydrogens is 250 g/mol. The van der Waals surface area contributed by atoms with E-state index in [2.05, 4.69) is 15.9 Å². The summed E-state index contributed by atoms with van der Waals surface area (Å²) in [5.41, 5.74) is 4.84. The zero-order valence-electron chi connectivity index (χ0n) is 7.95. The van der Waals surface area contributed by atoms with Crippen LogP contribution in [0.1, 0.15) is 19.6 Å². The Morgan fingerprint density at radius 3 is 2.64 bits per heavy atom. The van der Waals surface area contributed by atoms with Crippen molar-refractivity contribution in [2.75, 3.05) is 0 Å². The highest BCUT2D eigenvalue weighted by molar-refractivity contribution is 9.10. The number of rotatable bonds is 3. The van der Waals surface area contributed by atoms with Crippen LogP contribution in [-0.4, -0.2) is 17.1 Å². The van der Waals surface area contributed by atoms with Crippen LogP contribution < -0.4 is 5.73 Å². The largest absolute Gasteiger partial charge is 0.480 e. The van der Waals surface area contributed by atoms with Crippen LogP contribution in [0.2, 0.25) is 0 Å². The van der Waals surface area contributed by atoms with Crippen LogP contribution in [0, 0.1) is 0 Å². The number of halogens is 1. The van der Waals surface area contributed by atoms with Gasteiger partial charge in [-0.1, -0.05) is 13.8 Å². The highest BCUT2D eigenvalue weighted by Crippen LogP contribution is 2.29. The van der Waals surface area contributed by atoms with Gasteiger partial charge in [0.1, 0.15) is 18.1 Å². The molecule has 0 aliphatic rings. The maximum Gasteiger partial charge on any atom is 0.321 e. The molecule has 0 bridgehead atoms. The Hall–Kier alpha value is -0.810. The van der Waals surface area contributed by atoms with Gasteiger partial charge in [0.25, 0.3) is 0 Å². The molecule has 1 rings (SSSR count). The molecule has 1 aromatic heterocycles. The van der Waals surface area contributed by atoms with Crippen molar-refractivity contribution < 1.29 is 14.3 Å². The second kappa shape index (κ2) is 3.74. The van der Waals surface area contributed by atoms with Gasteiger partial charge in [0.15, 0.2) is 0 Å². The number of aliphatic carboxylic acids is 1. The lowest BCUT2D eigenvalue weighted by Crippen LogP contribution is -2.46. The van der Waals surface area contributed by atoms with Crippen molar-refractivity contribution in [3.8, 4) is 0 Å². The Morgan fingerprint density at radius 2 is 2.29 bits per heavy atom. The fraction of sp³-hybridized carbons (Fsp3) is 0.444. The highest BCUT2D eigenvalue weighted by atomic mass is 79.9. The third-order valence-electron chi connectivity index (χ3n) is 2.25. The van der Waals surface area contributed by atoms with Crippen LogP contribution in [0.15, 0.2) is 21.2 Å². The summed E-state index contributed by atoms with van der Waals surface area (Å²) in [5, 5.41) is 8.81. The summed E-state index contributed by atoms with van der Waals surface area (Å²) >= 11 is 3.23. The number of hydrogen-bond acceptors (Lipinski definition) is 3. The van der Waals surface area contributed by atoms with Crippen molar-refractivity contribution in [2.24, 2.45) is 5.73 Å². The Kier molecular flexibility index (Phi) is 3.01. The summed E-state index contributed by atoms with van der Waals surface area (Å²) in [6.07, 6.45) is 1.51. The summed E-state index contributed by atoms with van der Waals surface area (Å²) in [6, 6.07) is 0.739. The van der Waals surface area contributed by atoms with Gasteiger partial charge in [-0.25, -0.2) is 0 Å². The third kappa shape index (κ3) is 1.99. The van der Waals surface area contributed by atoms with Gasteiger partial charge in [0.2, 0.25) is 0 Å². The predicted molar refractivity (Wildman–Crippen MR) is 55.0 cm³/mol. The second-order valence-electron chi connectivity index (χ2n) is 3.67. The van der Waals surface area contributed by atoms with Crippen LogP contribution in [0.4, 0.5) is 0 Å². The van der Waals surface area contributed by atoms with Crippen molar-refractivity contribution in [3.05, 3.63) is 22.6 Å². The molecule has 0 aliphatic carbocycles. The molecule has 3 N–H and O–H groups in total. The quantitative estimate of drug-likeness (QED) is 0.869. The SMILES string of the molecule is CC(C)(c1cc(Br)co1)C(N)C(=O)O. The van der Waals surface area contributed by atoms with Gasteiger partial charge in [-0.2, -0.15) is 0 Å². The monoisotopic (exact) mass is 261 g/mol. The second-order valence-corrected chi connectivity index (χ2v) is 4.58. The lowest BCUT2D eigenvalue weighted by atomic mass is 9.82. The van der Waals surface area contributed by atoms with E-state index in [0.29, 0.717) is 5.76 Å². The average molecular weight is 262 g/mol. The van der Waals surface area contributed by atoms with Crippen LogP contribution >= 0.6 is 15.9 Å². The Balaban J connectivity index is 3.01. The maximum absolute atomic E-state index is 10.7. The Morgan fingerprint density at radius 1 is 1.71 bits per heavy atom. The smallest absolute Gasteiger partial charge is 0.321 e. The van der Waals surface area contributed by atoms with Gasteiger partial charge in [-0.05, 0) is 22.0 Å². The molecule has 0 amide bonds. The molecule has 14 heavy (non-hydrogen) atoms. The minimum atomic E-state index is -1.04. The number of nitrogens with two attached hydrogens (primary N) is 1. The van der Waals surface area contributed by atoms with Crippen LogP contribution in [0.3, 0.4) is 0 Å². The van der Waals surface area contributed by atoms with E-state index in [4.69, 9.17) is 15.3 Å². The first-order valence-corrected chi connectivity index (χ1v) is 4.88. The standard InChI is InChI=1S/C9H12BrNO3/c1-9(2,7(11)8(12)13)6-3-5(10)4-14-6/h3-4,7H,11H2,1-2H3,(H,12,13). The van der Waals surface area contributed by atoms with Gasteiger partial charge in [0, 0.05) is 5.41 Å². The van der Waals surface area contributed by atoms with Crippen LogP contribution in [-0.2, 0) is 10.2 Å². The lowest BCUT2D eigenvalue weighted by Gasteiger charge is -2.25. The summed E-state index contributed by atoms with van der Waals surface area (Å²) in [4.78, 5) is 10.7. The molecule has 1 aromatic rings. The molecule has 1 heterocycles. The molecule has 0 fully saturated rings. The number of hydrogen-bond donors (Lipinski definition) is 2. The van der Waals surface area contributed by atoms with E-state index in [-0.39, 0.29) is 0 Å². The predicted octanol–water partition coefficient (Wildman–Crippen LogP) is 1.73. The van der Waals surface area contributed by atoms with E-state index >= 15 is 0 Å². The van der Waals surface area contributed by atoms with Crippen LogP contribution in [0.5, 0.6) is 0 Å². The lowest BCUT2D eigenvalue weighted by molar-refractivity contribution is -0.140. The Labute approximate surface area is 90.2 Å². The molecule has 1 atom stereocenters.